The van der Waals surface area contributed by atoms with E-state index in [4.69, 9.17) is 4.42 Å². The van der Waals surface area contributed by atoms with Crippen molar-refractivity contribution in [2.45, 2.75) is 32.9 Å². The van der Waals surface area contributed by atoms with Crippen LogP contribution >= 0.6 is 0 Å². The van der Waals surface area contributed by atoms with Crippen LogP contribution in [0, 0.1) is 13.8 Å². The predicted octanol–water partition coefficient (Wildman–Crippen LogP) is 4.02. The molecule has 1 saturated heterocycles. The lowest BCUT2D eigenvalue weighted by atomic mass is 9.98. The molecular weight excluding hydrogens is 328 g/mol. The zero-order valence-corrected chi connectivity index (χ0v) is 15.0. The molecule has 3 amide bonds. The van der Waals surface area contributed by atoms with Crippen LogP contribution in [0.1, 0.15) is 29.4 Å². The zero-order chi connectivity index (χ0) is 18.5. The molecule has 1 N–H and O–H groups in total. The molecule has 1 fully saturated rings. The molecule has 5 nitrogen and oxygen atoms in total. The van der Waals surface area contributed by atoms with Crippen LogP contribution in [0.25, 0.3) is 11.0 Å². The second-order valence-electron chi connectivity index (χ2n) is 7.02. The van der Waals surface area contributed by atoms with Crippen molar-refractivity contribution in [2.75, 3.05) is 0 Å². The van der Waals surface area contributed by atoms with Crippen LogP contribution in [0.3, 0.4) is 0 Å². The number of nitrogens with zero attached hydrogens (tertiary/aromatic N) is 1. The number of carbonyl (C=O) groups is 2. The van der Waals surface area contributed by atoms with Crippen LogP contribution in [0.5, 0.6) is 0 Å². The SMILES string of the molecule is Cc1ccc(C)c(CN2C(=O)NC(C)(c3cc4ccccc4o3)C2=O)c1. The zero-order valence-electron chi connectivity index (χ0n) is 15.0. The molecule has 5 heteroatoms. The number of hydrogen-bond donors (Lipinski definition) is 1. The average Bonchev–Trinajstić information content (AvgIpc) is 3.14. The summed E-state index contributed by atoms with van der Waals surface area (Å²) in [7, 11) is 0. The van der Waals surface area contributed by atoms with Gasteiger partial charge in [-0.25, -0.2) is 4.79 Å². The van der Waals surface area contributed by atoms with Gasteiger partial charge in [0.25, 0.3) is 5.91 Å². The van der Waals surface area contributed by atoms with E-state index in [1.165, 1.54) is 4.90 Å². The third-order valence-corrected chi connectivity index (χ3v) is 5.03. The Kier molecular flexibility index (Phi) is 3.61. The number of hydrogen-bond acceptors (Lipinski definition) is 3. The van der Waals surface area contributed by atoms with E-state index in [1.807, 2.05) is 62.4 Å². The normalized spacial score (nSPS) is 20.0. The van der Waals surface area contributed by atoms with Crippen LogP contribution in [0.2, 0.25) is 0 Å². The number of imide groups is 1. The van der Waals surface area contributed by atoms with Gasteiger partial charge in [0.05, 0.1) is 6.54 Å². The number of amides is 3. The van der Waals surface area contributed by atoms with Crippen LogP contribution in [-0.2, 0) is 16.9 Å². The second kappa shape index (κ2) is 5.73. The van der Waals surface area contributed by atoms with Crippen molar-refractivity contribution in [3.05, 3.63) is 71.0 Å². The number of rotatable bonds is 3. The molecule has 0 spiro atoms. The summed E-state index contributed by atoms with van der Waals surface area (Å²) < 4.78 is 5.85. The first-order valence-electron chi connectivity index (χ1n) is 8.58. The summed E-state index contributed by atoms with van der Waals surface area (Å²) in [4.78, 5) is 26.9. The number of urea groups is 1. The Bertz CT molecular complexity index is 1000. The molecule has 0 bridgehead atoms. The van der Waals surface area contributed by atoms with Crippen molar-refractivity contribution < 1.29 is 14.0 Å². The average molecular weight is 348 g/mol. The summed E-state index contributed by atoms with van der Waals surface area (Å²) in [6.45, 7) is 5.90. The van der Waals surface area contributed by atoms with Gasteiger partial charge in [-0.15, -0.1) is 0 Å². The van der Waals surface area contributed by atoms with E-state index in [9.17, 15) is 9.59 Å². The number of furan rings is 1. The molecule has 3 aromatic rings. The fraction of sp³-hybridized carbons (Fsp3) is 0.238. The summed E-state index contributed by atoms with van der Waals surface area (Å²) in [6, 6.07) is 15.0. The van der Waals surface area contributed by atoms with E-state index in [1.54, 1.807) is 6.92 Å². The Balaban J connectivity index is 1.69. The maximum absolute atomic E-state index is 13.1. The Morgan fingerprint density at radius 3 is 2.62 bits per heavy atom. The highest BCUT2D eigenvalue weighted by Crippen LogP contribution is 2.33. The van der Waals surface area contributed by atoms with Gasteiger partial charge in [-0.3, -0.25) is 9.69 Å². The van der Waals surface area contributed by atoms with Crippen LogP contribution < -0.4 is 5.32 Å². The summed E-state index contributed by atoms with van der Waals surface area (Å²) >= 11 is 0. The lowest BCUT2D eigenvalue weighted by Gasteiger charge is -2.19. The fourth-order valence-corrected chi connectivity index (χ4v) is 3.38. The van der Waals surface area contributed by atoms with Crippen molar-refractivity contribution in [3.63, 3.8) is 0 Å². The Hall–Kier alpha value is -3.08. The largest absolute Gasteiger partial charge is 0.458 e. The number of benzene rings is 2. The minimum Gasteiger partial charge on any atom is -0.458 e. The van der Waals surface area contributed by atoms with Gasteiger partial charge in [0, 0.05) is 5.39 Å². The second-order valence-corrected chi connectivity index (χ2v) is 7.02. The number of nitrogens with one attached hydrogen (secondary N) is 1. The van der Waals surface area contributed by atoms with Gasteiger partial charge >= 0.3 is 6.03 Å². The van der Waals surface area contributed by atoms with E-state index in [0.717, 1.165) is 22.1 Å². The number of carbonyl (C=O) groups excluding carboxylic acids is 2. The van der Waals surface area contributed by atoms with Gasteiger partial charge in [0.1, 0.15) is 11.3 Å². The van der Waals surface area contributed by atoms with E-state index in [2.05, 4.69) is 5.32 Å². The highest BCUT2D eigenvalue weighted by molar-refractivity contribution is 6.07. The molecule has 1 aromatic heterocycles. The molecule has 1 unspecified atom stereocenters. The number of para-hydroxylation sites is 1. The lowest BCUT2D eigenvalue weighted by Crippen LogP contribution is -2.40. The highest BCUT2D eigenvalue weighted by Gasteiger charge is 2.51. The number of fused-ring (bicyclic) bond motifs is 1. The Morgan fingerprint density at radius 1 is 1.08 bits per heavy atom. The Morgan fingerprint density at radius 2 is 1.85 bits per heavy atom. The van der Waals surface area contributed by atoms with Crippen LogP contribution in [0.4, 0.5) is 4.79 Å². The van der Waals surface area contributed by atoms with Crippen molar-refractivity contribution in [3.8, 4) is 0 Å². The van der Waals surface area contributed by atoms with Crippen molar-refractivity contribution in [1.82, 2.24) is 10.2 Å². The minimum atomic E-state index is -1.20. The van der Waals surface area contributed by atoms with E-state index in [0.29, 0.717) is 11.3 Å². The van der Waals surface area contributed by atoms with Gasteiger partial charge in [0.2, 0.25) is 0 Å². The van der Waals surface area contributed by atoms with Crippen molar-refractivity contribution in [1.29, 1.82) is 0 Å². The monoisotopic (exact) mass is 348 g/mol. The van der Waals surface area contributed by atoms with Crippen molar-refractivity contribution in [2.24, 2.45) is 0 Å². The van der Waals surface area contributed by atoms with Crippen molar-refractivity contribution >= 4 is 22.9 Å². The molecule has 4 rings (SSSR count). The highest BCUT2D eigenvalue weighted by atomic mass is 16.3. The smallest absolute Gasteiger partial charge is 0.325 e. The van der Waals surface area contributed by atoms with Crippen LogP contribution in [-0.4, -0.2) is 16.8 Å². The topological polar surface area (TPSA) is 62.6 Å². The molecule has 2 heterocycles. The van der Waals surface area contributed by atoms with E-state index >= 15 is 0 Å². The quantitative estimate of drug-likeness (QED) is 0.727. The first-order valence-corrected chi connectivity index (χ1v) is 8.58. The number of aryl methyl sites for hydroxylation is 2. The first kappa shape index (κ1) is 16.4. The maximum Gasteiger partial charge on any atom is 0.325 e. The maximum atomic E-state index is 13.1. The standard InChI is InChI=1S/C21H20N2O3/c1-13-8-9-14(2)16(10-13)12-23-19(24)21(3,22-20(23)25)18-11-15-6-4-5-7-17(15)26-18/h4-11H,12H2,1-3H3,(H,22,25). The summed E-state index contributed by atoms with van der Waals surface area (Å²) in [5.74, 6) is 0.142. The first-order chi connectivity index (χ1) is 12.4. The molecule has 0 aliphatic carbocycles. The molecule has 1 aliphatic heterocycles. The molecule has 1 aliphatic rings. The molecule has 0 radical (unpaired) electrons. The molecule has 132 valence electrons. The minimum absolute atomic E-state index is 0.244. The van der Waals surface area contributed by atoms with Gasteiger partial charge in [-0.2, -0.15) is 0 Å². The third-order valence-electron chi connectivity index (χ3n) is 5.03. The van der Waals surface area contributed by atoms with Gasteiger partial charge in [-0.1, -0.05) is 42.0 Å². The van der Waals surface area contributed by atoms with E-state index in [-0.39, 0.29) is 12.5 Å². The van der Waals surface area contributed by atoms with E-state index < -0.39 is 11.6 Å². The van der Waals surface area contributed by atoms with Gasteiger partial charge < -0.3 is 9.73 Å². The summed E-state index contributed by atoms with van der Waals surface area (Å²) in [6.07, 6.45) is 0. The molecule has 1 atom stereocenters. The summed E-state index contributed by atoms with van der Waals surface area (Å²) in [5.41, 5.74) is 2.60. The van der Waals surface area contributed by atoms with Gasteiger partial charge in [-0.05, 0) is 44.0 Å². The predicted molar refractivity (Wildman–Crippen MR) is 98.6 cm³/mol. The molecular formula is C21H20N2O3. The Labute approximate surface area is 151 Å². The molecule has 2 aromatic carbocycles. The van der Waals surface area contributed by atoms with Crippen LogP contribution in [0.15, 0.2) is 52.9 Å². The van der Waals surface area contributed by atoms with Gasteiger partial charge in [0.15, 0.2) is 5.54 Å². The molecule has 26 heavy (non-hydrogen) atoms. The molecule has 0 saturated carbocycles. The third kappa shape index (κ3) is 2.47. The summed E-state index contributed by atoms with van der Waals surface area (Å²) in [5, 5.41) is 3.71. The lowest BCUT2D eigenvalue weighted by molar-refractivity contribution is -0.132. The fourth-order valence-electron chi connectivity index (χ4n) is 3.38.